The van der Waals surface area contributed by atoms with E-state index < -0.39 is 0 Å². The van der Waals surface area contributed by atoms with Gasteiger partial charge in [-0.3, -0.25) is 0 Å². The van der Waals surface area contributed by atoms with E-state index in [4.69, 9.17) is 4.98 Å². The number of nitrogens with zero attached hydrogens (tertiary/aromatic N) is 5. The van der Waals surface area contributed by atoms with Crippen LogP contribution < -0.4 is 9.80 Å². The Morgan fingerprint density at radius 2 is 1.12 bits per heavy atom. The minimum atomic E-state index is 0.672. The van der Waals surface area contributed by atoms with Crippen molar-refractivity contribution in [3.05, 3.63) is 48.5 Å². The van der Waals surface area contributed by atoms with E-state index in [1.165, 1.54) is 11.8 Å². The summed E-state index contributed by atoms with van der Waals surface area (Å²) in [6, 6.07) is 16.7. The van der Waals surface area contributed by atoms with Crippen molar-refractivity contribution in [3.8, 4) is 22.5 Å². The van der Waals surface area contributed by atoms with Crippen LogP contribution in [0.15, 0.2) is 53.7 Å². The molecule has 0 spiro atoms. The van der Waals surface area contributed by atoms with Crippen LogP contribution in [-0.2, 0) is 0 Å². The molecule has 5 nitrogen and oxygen atoms in total. The molecule has 3 aromatic rings. The van der Waals surface area contributed by atoms with Crippen molar-refractivity contribution < 1.29 is 0 Å². The number of anilines is 2. The largest absolute Gasteiger partial charge is 0.378 e. The predicted octanol–water partition coefficient (Wildman–Crippen LogP) is 4.06. The van der Waals surface area contributed by atoms with E-state index in [2.05, 4.69) is 68.5 Å². The summed E-state index contributed by atoms with van der Waals surface area (Å²) in [4.78, 5) is 8.89. The van der Waals surface area contributed by atoms with Crippen LogP contribution in [0.2, 0.25) is 0 Å². The van der Waals surface area contributed by atoms with Crippen LogP contribution in [0.4, 0.5) is 11.4 Å². The first-order valence-corrected chi connectivity index (χ1v) is 9.56. The molecule has 0 bridgehead atoms. The van der Waals surface area contributed by atoms with E-state index in [-0.39, 0.29) is 0 Å². The monoisotopic (exact) mass is 365 g/mol. The Morgan fingerprint density at radius 1 is 0.654 bits per heavy atom. The zero-order valence-electron chi connectivity index (χ0n) is 15.8. The molecule has 2 aromatic carbocycles. The average molecular weight is 366 g/mol. The quantitative estimate of drug-likeness (QED) is 0.636. The third-order valence-corrected chi connectivity index (χ3v) is 4.70. The van der Waals surface area contributed by atoms with E-state index >= 15 is 0 Å². The maximum absolute atomic E-state index is 4.74. The zero-order chi connectivity index (χ0) is 18.7. The maximum Gasteiger partial charge on any atom is 0.209 e. The van der Waals surface area contributed by atoms with Gasteiger partial charge in [0.05, 0.1) is 0 Å². The summed E-state index contributed by atoms with van der Waals surface area (Å²) in [6.45, 7) is 0. The fraction of sp³-hybridized carbons (Fsp3) is 0.250. The Balaban J connectivity index is 2.08. The molecule has 3 rings (SSSR count). The first-order chi connectivity index (χ1) is 12.5. The lowest BCUT2D eigenvalue weighted by atomic mass is 10.0. The smallest absolute Gasteiger partial charge is 0.209 e. The molecule has 0 unspecified atom stereocenters. The number of rotatable bonds is 5. The Kier molecular flexibility index (Phi) is 5.42. The molecule has 26 heavy (non-hydrogen) atoms. The van der Waals surface area contributed by atoms with Crippen molar-refractivity contribution in [2.24, 2.45) is 0 Å². The normalized spacial score (nSPS) is 10.7. The summed E-state index contributed by atoms with van der Waals surface area (Å²) in [7, 11) is 8.12. The van der Waals surface area contributed by atoms with Gasteiger partial charge in [0.2, 0.25) is 5.16 Å². The van der Waals surface area contributed by atoms with Gasteiger partial charge in [-0.25, -0.2) is 4.98 Å². The summed E-state index contributed by atoms with van der Waals surface area (Å²) in [5.41, 5.74) is 5.99. The first kappa shape index (κ1) is 18.2. The van der Waals surface area contributed by atoms with Gasteiger partial charge in [0, 0.05) is 50.7 Å². The van der Waals surface area contributed by atoms with Crippen molar-refractivity contribution in [1.29, 1.82) is 0 Å². The molecule has 134 valence electrons. The van der Waals surface area contributed by atoms with Crippen molar-refractivity contribution in [3.63, 3.8) is 0 Å². The Hall–Kier alpha value is -2.60. The average Bonchev–Trinajstić information content (AvgIpc) is 2.67. The molecule has 1 heterocycles. The summed E-state index contributed by atoms with van der Waals surface area (Å²) in [5.74, 6) is 0. The van der Waals surface area contributed by atoms with Crippen LogP contribution in [0.1, 0.15) is 0 Å². The van der Waals surface area contributed by atoms with E-state index in [0.717, 1.165) is 33.9 Å². The second-order valence-electron chi connectivity index (χ2n) is 6.38. The summed E-state index contributed by atoms with van der Waals surface area (Å²) >= 11 is 1.50. The molecule has 0 amide bonds. The van der Waals surface area contributed by atoms with Crippen LogP contribution in [0.3, 0.4) is 0 Å². The van der Waals surface area contributed by atoms with Crippen LogP contribution in [0.25, 0.3) is 22.5 Å². The second-order valence-corrected chi connectivity index (χ2v) is 7.15. The number of benzene rings is 2. The molecule has 0 radical (unpaired) electrons. The van der Waals surface area contributed by atoms with Gasteiger partial charge in [-0.2, -0.15) is 0 Å². The first-order valence-electron chi connectivity index (χ1n) is 8.34. The van der Waals surface area contributed by atoms with Gasteiger partial charge >= 0.3 is 0 Å². The van der Waals surface area contributed by atoms with Crippen molar-refractivity contribution in [2.75, 3.05) is 44.2 Å². The van der Waals surface area contributed by atoms with Crippen LogP contribution in [0, 0.1) is 0 Å². The molecule has 0 saturated carbocycles. The van der Waals surface area contributed by atoms with Crippen molar-refractivity contribution in [2.45, 2.75) is 5.16 Å². The SMILES string of the molecule is CSc1nnc(-c2ccc(N(C)C)cc2)c(-c2ccc(N(C)C)cc2)n1. The molecular weight excluding hydrogens is 342 g/mol. The fourth-order valence-corrected chi connectivity index (χ4v) is 2.93. The number of aromatic nitrogens is 3. The lowest BCUT2D eigenvalue weighted by molar-refractivity contribution is 0.852. The van der Waals surface area contributed by atoms with E-state index in [1.807, 2.05) is 34.4 Å². The van der Waals surface area contributed by atoms with E-state index in [1.54, 1.807) is 0 Å². The minimum absolute atomic E-state index is 0.672. The lowest BCUT2D eigenvalue weighted by Crippen LogP contribution is -2.08. The zero-order valence-corrected chi connectivity index (χ0v) is 16.6. The molecular formula is C20H23N5S. The molecule has 0 fully saturated rings. The van der Waals surface area contributed by atoms with Gasteiger partial charge in [-0.15, -0.1) is 10.2 Å². The molecule has 0 atom stereocenters. The van der Waals surface area contributed by atoms with Gasteiger partial charge in [0.1, 0.15) is 11.4 Å². The highest BCUT2D eigenvalue weighted by Crippen LogP contribution is 2.31. The standard InChI is InChI=1S/C20H23N5S/c1-24(2)16-10-6-14(7-11-16)18-19(22-23-20(21-18)26-5)15-8-12-17(13-9-15)25(3)4/h6-13H,1-5H3. The van der Waals surface area contributed by atoms with Crippen molar-refractivity contribution in [1.82, 2.24) is 15.2 Å². The highest BCUT2D eigenvalue weighted by molar-refractivity contribution is 7.98. The Labute approximate surface area is 159 Å². The van der Waals surface area contributed by atoms with Gasteiger partial charge in [0.15, 0.2) is 0 Å². The number of hydrogen-bond acceptors (Lipinski definition) is 6. The molecule has 6 heteroatoms. The summed E-state index contributed by atoms with van der Waals surface area (Å²) in [5, 5.41) is 9.39. The van der Waals surface area contributed by atoms with Crippen LogP contribution in [0.5, 0.6) is 0 Å². The second kappa shape index (κ2) is 7.74. The lowest BCUT2D eigenvalue weighted by Gasteiger charge is -2.15. The molecule has 0 N–H and O–H groups in total. The number of thioether (sulfide) groups is 1. The van der Waals surface area contributed by atoms with Gasteiger partial charge < -0.3 is 9.80 Å². The summed E-state index contributed by atoms with van der Waals surface area (Å²) in [6.07, 6.45) is 1.96. The van der Waals surface area contributed by atoms with Crippen molar-refractivity contribution >= 4 is 23.1 Å². The summed E-state index contributed by atoms with van der Waals surface area (Å²) < 4.78 is 0. The van der Waals surface area contributed by atoms with E-state index in [9.17, 15) is 0 Å². The topological polar surface area (TPSA) is 45.2 Å². The van der Waals surface area contributed by atoms with Gasteiger partial charge in [-0.05, 0) is 30.5 Å². The minimum Gasteiger partial charge on any atom is -0.378 e. The van der Waals surface area contributed by atoms with E-state index in [0.29, 0.717) is 5.16 Å². The highest BCUT2D eigenvalue weighted by atomic mass is 32.2. The fourth-order valence-electron chi connectivity index (χ4n) is 2.63. The Bertz CT molecular complexity index is 874. The third kappa shape index (κ3) is 3.80. The molecule has 1 aromatic heterocycles. The molecule has 0 saturated heterocycles. The molecule has 0 aliphatic rings. The van der Waals surface area contributed by atoms with Gasteiger partial charge in [0.25, 0.3) is 0 Å². The van der Waals surface area contributed by atoms with Crippen LogP contribution in [-0.4, -0.2) is 49.6 Å². The maximum atomic E-state index is 4.74. The van der Waals surface area contributed by atoms with Gasteiger partial charge in [-0.1, -0.05) is 36.0 Å². The molecule has 0 aliphatic carbocycles. The molecule has 0 aliphatic heterocycles. The highest BCUT2D eigenvalue weighted by Gasteiger charge is 2.14. The van der Waals surface area contributed by atoms with Crippen LogP contribution >= 0.6 is 11.8 Å². The Morgan fingerprint density at radius 3 is 1.54 bits per heavy atom. The predicted molar refractivity (Wildman–Crippen MR) is 111 cm³/mol. The number of hydrogen-bond donors (Lipinski definition) is 0. The third-order valence-electron chi connectivity index (χ3n) is 4.16.